The van der Waals surface area contributed by atoms with Crippen molar-refractivity contribution >= 4 is 17.9 Å². The van der Waals surface area contributed by atoms with Crippen molar-refractivity contribution < 1.29 is 19.5 Å². The van der Waals surface area contributed by atoms with Gasteiger partial charge in [0.2, 0.25) is 5.91 Å². The van der Waals surface area contributed by atoms with E-state index >= 15 is 0 Å². The lowest BCUT2D eigenvalue weighted by Gasteiger charge is -2.21. The fourth-order valence-corrected chi connectivity index (χ4v) is 0.949. The second kappa shape index (κ2) is 7.48. The molecule has 0 saturated carbocycles. The van der Waals surface area contributed by atoms with Crippen LogP contribution in [-0.2, 0) is 9.59 Å². The molecular formula is C10H19N3O4. The van der Waals surface area contributed by atoms with E-state index in [1.807, 2.05) is 6.92 Å². The Balaban J connectivity index is 4.01. The number of hydrogen-bond acceptors (Lipinski definition) is 3. The highest BCUT2D eigenvalue weighted by molar-refractivity contribution is 5.86. The van der Waals surface area contributed by atoms with Crippen molar-refractivity contribution in [2.75, 3.05) is 20.1 Å². The predicted octanol–water partition coefficient (Wildman–Crippen LogP) is -0.373. The molecule has 0 spiro atoms. The Morgan fingerprint density at radius 2 is 1.88 bits per heavy atom. The van der Waals surface area contributed by atoms with E-state index in [0.717, 1.165) is 11.3 Å². The summed E-state index contributed by atoms with van der Waals surface area (Å²) in [5, 5.41) is 13.6. The summed E-state index contributed by atoms with van der Waals surface area (Å²) in [6.45, 7) is 3.70. The lowest BCUT2D eigenvalue weighted by Crippen LogP contribution is -2.48. The summed E-state index contributed by atoms with van der Waals surface area (Å²) >= 11 is 0. The Bertz CT molecular complexity index is 293. The van der Waals surface area contributed by atoms with E-state index < -0.39 is 18.0 Å². The van der Waals surface area contributed by atoms with Crippen LogP contribution in [-0.4, -0.2) is 54.1 Å². The number of carbonyl (C=O) groups is 3. The average Bonchev–Trinajstić information content (AvgIpc) is 2.31. The fraction of sp³-hybridized carbons (Fsp3) is 0.700. The molecule has 3 amide bonds. The highest BCUT2D eigenvalue weighted by atomic mass is 16.4. The molecular weight excluding hydrogens is 226 g/mol. The van der Waals surface area contributed by atoms with Crippen LogP contribution in [0.3, 0.4) is 0 Å². The van der Waals surface area contributed by atoms with Gasteiger partial charge < -0.3 is 20.6 Å². The van der Waals surface area contributed by atoms with Crippen molar-refractivity contribution in [1.82, 2.24) is 15.5 Å². The molecule has 0 bridgehead atoms. The lowest BCUT2D eigenvalue weighted by atomic mass is 10.3. The third-order valence-corrected chi connectivity index (χ3v) is 2.23. The van der Waals surface area contributed by atoms with E-state index in [-0.39, 0.29) is 12.5 Å². The van der Waals surface area contributed by atoms with E-state index in [0.29, 0.717) is 6.54 Å². The van der Waals surface area contributed by atoms with Gasteiger partial charge in [-0.3, -0.25) is 4.79 Å². The maximum Gasteiger partial charge on any atom is 0.326 e. The Morgan fingerprint density at radius 3 is 2.35 bits per heavy atom. The zero-order valence-corrected chi connectivity index (χ0v) is 10.3. The zero-order chi connectivity index (χ0) is 13.4. The molecule has 0 aromatic heterocycles. The summed E-state index contributed by atoms with van der Waals surface area (Å²) in [5.41, 5.74) is 0. The van der Waals surface area contributed by atoms with E-state index in [9.17, 15) is 14.4 Å². The molecule has 7 heteroatoms. The number of aliphatic carboxylic acids is 1. The van der Waals surface area contributed by atoms with Crippen molar-refractivity contribution in [2.24, 2.45) is 0 Å². The van der Waals surface area contributed by atoms with Gasteiger partial charge in [0.15, 0.2) is 0 Å². The van der Waals surface area contributed by atoms with Crippen LogP contribution < -0.4 is 10.6 Å². The lowest BCUT2D eigenvalue weighted by molar-refractivity contribution is -0.141. The Morgan fingerprint density at radius 1 is 1.29 bits per heavy atom. The predicted molar refractivity (Wildman–Crippen MR) is 61.6 cm³/mol. The minimum atomic E-state index is -1.10. The quantitative estimate of drug-likeness (QED) is 0.594. The molecule has 1 unspecified atom stereocenters. The summed E-state index contributed by atoms with van der Waals surface area (Å²) < 4.78 is 0. The number of nitrogens with one attached hydrogen (secondary N) is 2. The third-order valence-electron chi connectivity index (χ3n) is 2.23. The standard InChI is InChI=1S/C10H19N3O4/c1-4-5-11-8(14)6-12-10(17)13(3)7(2)9(15)16/h7H,4-6H2,1-3H3,(H,11,14)(H,12,17)(H,15,16). The molecule has 0 aliphatic carbocycles. The number of carboxylic acids is 1. The van der Waals surface area contributed by atoms with Crippen LogP contribution in [0.5, 0.6) is 0 Å². The highest BCUT2D eigenvalue weighted by Crippen LogP contribution is 1.95. The van der Waals surface area contributed by atoms with Gasteiger partial charge in [0.1, 0.15) is 6.04 Å². The van der Waals surface area contributed by atoms with Gasteiger partial charge in [0.05, 0.1) is 6.54 Å². The number of carboxylic acid groups (broad SMARTS) is 1. The first-order valence-corrected chi connectivity index (χ1v) is 5.40. The third kappa shape index (κ3) is 5.74. The summed E-state index contributed by atoms with van der Waals surface area (Å²) in [7, 11) is 1.36. The van der Waals surface area contributed by atoms with Gasteiger partial charge in [-0.25, -0.2) is 9.59 Å². The van der Waals surface area contributed by atoms with Crippen molar-refractivity contribution in [3.05, 3.63) is 0 Å². The van der Waals surface area contributed by atoms with Gasteiger partial charge >= 0.3 is 12.0 Å². The number of nitrogens with zero attached hydrogens (tertiary/aromatic N) is 1. The molecule has 0 radical (unpaired) electrons. The van der Waals surface area contributed by atoms with E-state index in [1.54, 1.807) is 0 Å². The molecule has 0 fully saturated rings. The van der Waals surface area contributed by atoms with Crippen LogP contribution in [0.15, 0.2) is 0 Å². The Kier molecular flexibility index (Phi) is 6.69. The molecule has 0 aromatic rings. The van der Waals surface area contributed by atoms with Crippen LogP contribution in [0, 0.1) is 0 Å². The van der Waals surface area contributed by atoms with Crippen molar-refractivity contribution in [1.29, 1.82) is 0 Å². The Hall–Kier alpha value is -1.79. The first kappa shape index (κ1) is 15.2. The topological polar surface area (TPSA) is 98.7 Å². The molecule has 1 atom stereocenters. The van der Waals surface area contributed by atoms with Crippen molar-refractivity contribution in [3.63, 3.8) is 0 Å². The largest absolute Gasteiger partial charge is 0.480 e. The van der Waals surface area contributed by atoms with Crippen LogP contribution in [0.2, 0.25) is 0 Å². The molecule has 3 N–H and O–H groups in total. The first-order chi connectivity index (χ1) is 7.90. The summed E-state index contributed by atoms with van der Waals surface area (Å²) in [6.07, 6.45) is 0.815. The van der Waals surface area contributed by atoms with Gasteiger partial charge in [0, 0.05) is 13.6 Å². The van der Waals surface area contributed by atoms with Crippen LogP contribution >= 0.6 is 0 Å². The van der Waals surface area contributed by atoms with E-state index in [1.165, 1.54) is 14.0 Å². The van der Waals surface area contributed by atoms with Gasteiger partial charge in [-0.1, -0.05) is 6.92 Å². The van der Waals surface area contributed by atoms with Crippen LogP contribution in [0.1, 0.15) is 20.3 Å². The van der Waals surface area contributed by atoms with E-state index in [2.05, 4.69) is 10.6 Å². The summed E-state index contributed by atoms with van der Waals surface area (Å²) in [6, 6.07) is -1.53. The number of carbonyl (C=O) groups excluding carboxylic acids is 2. The SMILES string of the molecule is CCCNC(=O)CNC(=O)N(C)C(C)C(=O)O. The molecule has 0 aliphatic rings. The first-order valence-electron chi connectivity index (χ1n) is 5.40. The molecule has 7 nitrogen and oxygen atoms in total. The normalized spacial score (nSPS) is 11.5. The number of amides is 3. The fourth-order valence-electron chi connectivity index (χ4n) is 0.949. The number of likely N-dealkylation sites (N-methyl/N-ethyl adjacent to an activating group) is 1. The van der Waals surface area contributed by atoms with Crippen molar-refractivity contribution in [3.8, 4) is 0 Å². The molecule has 98 valence electrons. The van der Waals surface area contributed by atoms with Crippen LogP contribution in [0.4, 0.5) is 4.79 Å². The highest BCUT2D eigenvalue weighted by Gasteiger charge is 2.21. The van der Waals surface area contributed by atoms with Gasteiger partial charge in [0.25, 0.3) is 0 Å². The maximum absolute atomic E-state index is 11.4. The minimum Gasteiger partial charge on any atom is -0.480 e. The maximum atomic E-state index is 11.4. The Labute approximate surface area is 100 Å². The van der Waals surface area contributed by atoms with Gasteiger partial charge in [-0.15, -0.1) is 0 Å². The summed E-state index contributed by atoms with van der Waals surface area (Å²) in [4.78, 5) is 34.3. The van der Waals surface area contributed by atoms with Crippen LogP contribution in [0.25, 0.3) is 0 Å². The molecule has 0 rings (SSSR count). The monoisotopic (exact) mass is 245 g/mol. The molecule has 0 aliphatic heterocycles. The molecule has 0 aromatic carbocycles. The number of hydrogen-bond donors (Lipinski definition) is 3. The molecule has 0 saturated heterocycles. The second-order valence-corrected chi connectivity index (χ2v) is 3.63. The van der Waals surface area contributed by atoms with E-state index in [4.69, 9.17) is 5.11 Å². The second-order valence-electron chi connectivity index (χ2n) is 3.63. The molecule has 0 heterocycles. The smallest absolute Gasteiger partial charge is 0.326 e. The van der Waals surface area contributed by atoms with Gasteiger partial charge in [-0.05, 0) is 13.3 Å². The summed E-state index contributed by atoms with van der Waals surface area (Å²) in [5.74, 6) is -1.39. The van der Waals surface area contributed by atoms with Crippen molar-refractivity contribution in [2.45, 2.75) is 26.3 Å². The number of urea groups is 1. The minimum absolute atomic E-state index is 0.157. The average molecular weight is 245 g/mol. The zero-order valence-electron chi connectivity index (χ0n) is 10.3. The van der Waals surface area contributed by atoms with Gasteiger partial charge in [-0.2, -0.15) is 0 Å². The molecule has 17 heavy (non-hydrogen) atoms. The number of rotatable bonds is 6.